The number of likely N-dealkylation sites (tertiary alicyclic amines) is 1. The Morgan fingerprint density at radius 1 is 1.47 bits per heavy atom. The number of rotatable bonds is 2. The first-order chi connectivity index (χ1) is 8.34. The Labute approximate surface area is 103 Å². The van der Waals surface area contributed by atoms with E-state index >= 15 is 0 Å². The van der Waals surface area contributed by atoms with Crippen molar-refractivity contribution in [3.8, 4) is 0 Å². The SMILES string of the molecule is CC(c1cccnc1)N1C[C@@H]2CCCN[C@@H]2C1. The number of fused-ring (bicyclic) bond motifs is 1. The smallest absolute Gasteiger partial charge is 0.0335 e. The van der Waals surface area contributed by atoms with Gasteiger partial charge in [0.2, 0.25) is 0 Å². The van der Waals surface area contributed by atoms with Crippen molar-refractivity contribution >= 4 is 0 Å². The second-order valence-corrected chi connectivity index (χ2v) is 5.38. The molecule has 0 spiro atoms. The summed E-state index contributed by atoms with van der Waals surface area (Å²) in [7, 11) is 0. The molecule has 1 unspecified atom stereocenters. The molecule has 3 heterocycles. The van der Waals surface area contributed by atoms with Crippen molar-refractivity contribution in [2.24, 2.45) is 5.92 Å². The van der Waals surface area contributed by atoms with E-state index in [2.05, 4.69) is 28.2 Å². The first-order valence-corrected chi connectivity index (χ1v) is 6.72. The molecule has 2 aliphatic heterocycles. The van der Waals surface area contributed by atoms with Crippen LogP contribution in [0.3, 0.4) is 0 Å². The summed E-state index contributed by atoms with van der Waals surface area (Å²) in [5.41, 5.74) is 1.34. The van der Waals surface area contributed by atoms with Gasteiger partial charge in [-0.25, -0.2) is 0 Å². The van der Waals surface area contributed by atoms with E-state index in [1.54, 1.807) is 0 Å². The van der Waals surface area contributed by atoms with Crippen LogP contribution in [0.15, 0.2) is 24.5 Å². The molecule has 2 fully saturated rings. The van der Waals surface area contributed by atoms with E-state index < -0.39 is 0 Å². The quantitative estimate of drug-likeness (QED) is 0.841. The van der Waals surface area contributed by atoms with Crippen LogP contribution in [0.25, 0.3) is 0 Å². The fourth-order valence-corrected chi connectivity index (χ4v) is 3.23. The minimum Gasteiger partial charge on any atom is -0.312 e. The molecular weight excluding hydrogens is 210 g/mol. The van der Waals surface area contributed by atoms with Gasteiger partial charge in [0.05, 0.1) is 0 Å². The monoisotopic (exact) mass is 231 g/mol. The van der Waals surface area contributed by atoms with E-state index in [4.69, 9.17) is 0 Å². The predicted octanol–water partition coefficient (Wildman–Crippen LogP) is 1.83. The van der Waals surface area contributed by atoms with E-state index in [9.17, 15) is 0 Å². The highest BCUT2D eigenvalue weighted by Crippen LogP contribution is 2.30. The lowest BCUT2D eigenvalue weighted by molar-refractivity contribution is 0.250. The Kier molecular flexibility index (Phi) is 3.12. The van der Waals surface area contributed by atoms with Crippen LogP contribution >= 0.6 is 0 Å². The maximum absolute atomic E-state index is 4.23. The normalized spacial score (nSPS) is 31.1. The Hall–Kier alpha value is -0.930. The van der Waals surface area contributed by atoms with Crippen LogP contribution in [0.2, 0.25) is 0 Å². The van der Waals surface area contributed by atoms with Crippen LogP contribution in [0.5, 0.6) is 0 Å². The van der Waals surface area contributed by atoms with Gasteiger partial charge in [-0.05, 0) is 43.9 Å². The van der Waals surface area contributed by atoms with E-state index in [-0.39, 0.29) is 0 Å². The lowest BCUT2D eigenvalue weighted by Crippen LogP contribution is -2.40. The molecule has 17 heavy (non-hydrogen) atoms. The molecule has 2 saturated heterocycles. The number of piperidine rings is 1. The van der Waals surface area contributed by atoms with Crippen LogP contribution < -0.4 is 5.32 Å². The largest absolute Gasteiger partial charge is 0.312 e. The zero-order valence-electron chi connectivity index (χ0n) is 10.5. The molecule has 1 aromatic heterocycles. The highest BCUT2D eigenvalue weighted by molar-refractivity contribution is 5.14. The van der Waals surface area contributed by atoms with Crippen LogP contribution in [0.4, 0.5) is 0 Å². The van der Waals surface area contributed by atoms with Gasteiger partial charge in [0, 0.05) is 37.6 Å². The number of nitrogens with zero attached hydrogens (tertiary/aromatic N) is 2. The fourth-order valence-electron chi connectivity index (χ4n) is 3.23. The third kappa shape index (κ3) is 2.22. The number of aromatic nitrogens is 1. The van der Waals surface area contributed by atoms with E-state index in [1.165, 1.54) is 38.0 Å². The lowest BCUT2D eigenvalue weighted by Gasteiger charge is -2.25. The van der Waals surface area contributed by atoms with Gasteiger partial charge in [0.1, 0.15) is 0 Å². The highest BCUT2D eigenvalue weighted by atomic mass is 15.2. The summed E-state index contributed by atoms with van der Waals surface area (Å²) in [5.74, 6) is 0.864. The van der Waals surface area contributed by atoms with Crippen LogP contribution in [0, 0.1) is 5.92 Å². The molecule has 0 aromatic carbocycles. The Morgan fingerprint density at radius 2 is 2.41 bits per heavy atom. The number of pyridine rings is 1. The van der Waals surface area contributed by atoms with Crippen molar-refractivity contribution in [3.05, 3.63) is 30.1 Å². The average Bonchev–Trinajstić information content (AvgIpc) is 2.82. The molecule has 3 heteroatoms. The highest BCUT2D eigenvalue weighted by Gasteiger charge is 2.36. The van der Waals surface area contributed by atoms with Crippen molar-refractivity contribution in [2.75, 3.05) is 19.6 Å². The topological polar surface area (TPSA) is 28.2 Å². The van der Waals surface area contributed by atoms with Crippen molar-refractivity contribution < 1.29 is 0 Å². The Bertz CT molecular complexity index is 351. The third-order valence-corrected chi connectivity index (χ3v) is 4.34. The molecule has 3 rings (SSSR count). The molecule has 2 aliphatic rings. The molecule has 0 saturated carbocycles. The molecular formula is C14H21N3. The summed E-state index contributed by atoms with van der Waals surface area (Å²) in [6, 6.07) is 5.44. The Morgan fingerprint density at radius 3 is 3.18 bits per heavy atom. The van der Waals surface area contributed by atoms with Crippen molar-refractivity contribution in [2.45, 2.75) is 31.8 Å². The van der Waals surface area contributed by atoms with Gasteiger partial charge < -0.3 is 5.32 Å². The number of hydrogen-bond acceptors (Lipinski definition) is 3. The predicted molar refractivity (Wildman–Crippen MR) is 68.7 cm³/mol. The van der Waals surface area contributed by atoms with Crippen LogP contribution in [-0.2, 0) is 0 Å². The second kappa shape index (κ2) is 4.75. The zero-order chi connectivity index (χ0) is 11.7. The molecule has 1 aromatic rings. The number of nitrogens with one attached hydrogen (secondary N) is 1. The molecule has 92 valence electrons. The molecule has 1 N–H and O–H groups in total. The summed E-state index contributed by atoms with van der Waals surface area (Å²) < 4.78 is 0. The minimum absolute atomic E-state index is 0.496. The van der Waals surface area contributed by atoms with E-state index in [0.29, 0.717) is 6.04 Å². The molecule has 3 atom stereocenters. The first-order valence-electron chi connectivity index (χ1n) is 6.72. The third-order valence-electron chi connectivity index (χ3n) is 4.34. The van der Waals surface area contributed by atoms with Crippen molar-refractivity contribution in [1.29, 1.82) is 0 Å². The fraction of sp³-hybridized carbons (Fsp3) is 0.643. The zero-order valence-corrected chi connectivity index (χ0v) is 10.5. The maximum Gasteiger partial charge on any atom is 0.0335 e. The van der Waals surface area contributed by atoms with Gasteiger partial charge in [-0.1, -0.05) is 6.07 Å². The summed E-state index contributed by atoms with van der Waals surface area (Å²) in [6.07, 6.45) is 6.59. The summed E-state index contributed by atoms with van der Waals surface area (Å²) in [5, 5.41) is 3.66. The van der Waals surface area contributed by atoms with Gasteiger partial charge >= 0.3 is 0 Å². The summed E-state index contributed by atoms with van der Waals surface area (Å²) >= 11 is 0. The lowest BCUT2D eigenvalue weighted by atomic mass is 9.94. The Balaban J connectivity index is 1.70. The van der Waals surface area contributed by atoms with E-state index in [1.807, 2.05) is 18.5 Å². The van der Waals surface area contributed by atoms with Crippen molar-refractivity contribution in [3.63, 3.8) is 0 Å². The van der Waals surface area contributed by atoms with Gasteiger partial charge in [-0.3, -0.25) is 9.88 Å². The standard InChI is InChI=1S/C14H21N3/c1-11(12-4-2-6-15-8-12)17-9-13-5-3-7-16-14(13)10-17/h2,4,6,8,11,13-14,16H,3,5,7,9-10H2,1H3/t11?,13-,14+/m0/s1. The second-order valence-electron chi connectivity index (χ2n) is 5.38. The summed E-state index contributed by atoms with van der Waals surface area (Å²) in [6.45, 7) is 5.94. The van der Waals surface area contributed by atoms with Gasteiger partial charge in [-0.15, -0.1) is 0 Å². The minimum atomic E-state index is 0.496. The van der Waals surface area contributed by atoms with Crippen molar-refractivity contribution in [1.82, 2.24) is 15.2 Å². The molecule has 0 bridgehead atoms. The van der Waals surface area contributed by atoms with Gasteiger partial charge in [0.15, 0.2) is 0 Å². The molecule has 3 nitrogen and oxygen atoms in total. The average molecular weight is 231 g/mol. The molecule has 0 amide bonds. The molecule has 0 radical (unpaired) electrons. The summed E-state index contributed by atoms with van der Waals surface area (Å²) in [4.78, 5) is 6.83. The van der Waals surface area contributed by atoms with Crippen LogP contribution in [0.1, 0.15) is 31.4 Å². The maximum atomic E-state index is 4.23. The van der Waals surface area contributed by atoms with Gasteiger partial charge in [-0.2, -0.15) is 0 Å². The van der Waals surface area contributed by atoms with E-state index in [0.717, 1.165) is 12.0 Å². The number of hydrogen-bond donors (Lipinski definition) is 1. The van der Waals surface area contributed by atoms with Gasteiger partial charge in [0.25, 0.3) is 0 Å². The van der Waals surface area contributed by atoms with Crippen LogP contribution in [-0.4, -0.2) is 35.6 Å². The first kappa shape index (κ1) is 11.2. The molecule has 0 aliphatic carbocycles.